The molecule has 1 heterocycles. The predicted octanol–water partition coefficient (Wildman–Crippen LogP) is 5.39. The third-order valence-corrected chi connectivity index (χ3v) is 6.62. The number of Topliss-reactive ketones (excluding diaryl/α,β-unsaturated/α-hetero) is 1. The lowest BCUT2D eigenvalue weighted by Crippen LogP contribution is -2.38. The Balaban J connectivity index is 2.04. The normalized spacial score (nSPS) is 17.6. The summed E-state index contributed by atoms with van der Waals surface area (Å²) in [7, 11) is 0. The van der Waals surface area contributed by atoms with Crippen LogP contribution in [0.3, 0.4) is 0 Å². The highest BCUT2D eigenvalue weighted by Crippen LogP contribution is 2.40. The van der Waals surface area contributed by atoms with E-state index in [2.05, 4.69) is 41.6 Å². The molecule has 1 N–H and O–H groups in total. The lowest BCUT2D eigenvalue weighted by molar-refractivity contribution is -0.140. The average molecular weight is 529 g/mol. The summed E-state index contributed by atoms with van der Waals surface area (Å²) in [6.45, 7) is 9.55. The largest absolute Gasteiger partial charge is 0.507 e. The topological polar surface area (TPSA) is 70.1 Å². The molecule has 0 aliphatic carbocycles. The first-order valence-electron chi connectivity index (χ1n) is 11.9. The van der Waals surface area contributed by atoms with Crippen LogP contribution in [-0.4, -0.2) is 59.4 Å². The van der Waals surface area contributed by atoms with E-state index in [-0.39, 0.29) is 11.3 Å². The molecule has 0 aromatic heterocycles. The van der Waals surface area contributed by atoms with E-state index in [4.69, 9.17) is 4.74 Å². The van der Waals surface area contributed by atoms with Gasteiger partial charge in [0.1, 0.15) is 11.5 Å². The molecule has 0 radical (unpaired) electrons. The molecule has 1 atom stereocenters. The van der Waals surface area contributed by atoms with Crippen LogP contribution >= 0.6 is 15.9 Å². The number of aliphatic hydroxyl groups is 1. The smallest absolute Gasteiger partial charge is 0.295 e. The summed E-state index contributed by atoms with van der Waals surface area (Å²) >= 11 is 3.49. The molecule has 2 aromatic carbocycles. The number of nitrogens with zero attached hydrogens (tertiary/aromatic N) is 2. The molecule has 1 aliphatic heterocycles. The van der Waals surface area contributed by atoms with Crippen molar-refractivity contribution in [1.29, 1.82) is 0 Å². The second kappa shape index (κ2) is 12.2. The summed E-state index contributed by atoms with van der Waals surface area (Å²) < 4.78 is 6.62. The molecule has 0 saturated carbocycles. The van der Waals surface area contributed by atoms with E-state index in [9.17, 15) is 14.7 Å². The highest BCUT2D eigenvalue weighted by atomic mass is 79.9. The minimum atomic E-state index is -0.669. The molecule has 1 saturated heterocycles. The Morgan fingerprint density at radius 3 is 2.50 bits per heavy atom. The van der Waals surface area contributed by atoms with Gasteiger partial charge in [0, 0.05) is 23.1 Å². The third kappa shape index (κ3) is 5.88. The molecule has 6 nitrogen and oxygen atoms in total. The number of ether oxygens (including phenoxy) is 1. The number of rotatable bonds is 11. The van der Waals surface area contributed by atoms with E-state index in [1.807, 2.05) is 30.3 Å². The van der Waals surface area contributed by atoms with Crippen molar-refractivity contribution in [3.8, 4) is 5.75 Å². The van der Waals surface area contributed by atoms with E-state index in [0.717, 1.165) is 36.0 Å². The fourth-order valence-corrected chi connectivity index (χ4v) is 4.56. The van der Waals surface area contributed by atoms with E-state index in [1.54, 1.807) is 23.1 Å². The summed E-state index contributed by atoms with van der Waals surface area (Å²) in [6, 6.07) is 13.9. The Bertz CT molecular complexity index is 1050. The number of benzene rings is 2. The van der Waals surface area contributed by atoms with Gasteiger partial charge >= 0.3 is 0 Å². The van der Waals surface area contributed by atoms with Gasteiger partial charge in [-0.3, -0.25) is 9.59 Å². The van der Waals surface area contributed by atoms with Gasteiger partial charge in [-0.1, -0.05) is 67.4 Å². The van der Waals surface area contributed by atoms with Crippen LogP contribution in [0.4, 0.5) is 0 Å². The quantitative estimate of drug-likeness (QED) is 0.183. The fraction of sp³-hybridized carbons (Fsp3) is 0.407. The molecule has 3 rings (SSSR count). The van der Waals surface area contributed by atoms with Crippen molar-refractivity contribution in [2.75, 3.05) is 32.8 Å². The minimum Gasteiger partial charge on any atom is -0.507 e. The van der Waals surface area contributed by atoms with Crippen molar-refractivity contribution in [2.24, 2.45) is 0 Å². The zero-order valence-corrected chi connectivity index (χ0v) is 21.7. The lowest BCUT2D eigenvalue weighted by Gasteiger charge is -2.28. The van der Waals surface area contributed by atoms with Crippen LogP contribution in [0.5, 0.6) is 5.75 Å². The Morgan fingerprint density at radius 1 is 1.09 bits per heavy atom. The highest BCUT2D eigenvalue weighted by Gasteiger charge is 2.46. The van der Waals surface area contributed by atoms with Crippen LogP contribution in [-0.2, 0) is 9.59 Å². The summed E-state index contributed by atoms with van der Waals surface area (Å²) in [5.41, 5.74) is 1.33. The molecule has 34 heavy (non-hydrogen) atoms. The van der Waals surface area contributed by atoms with Gasteiger partial charge in [0.2, 0.25) is 0 Å². The van der Waals surface area contributed by atoms with Crippen molar-refractivity contribution in [2.45, 2.75) is 39.7 Å². The van der Waals surface area contributed by atoms with Gasteiger partial charge in [0.15, 0.2) is 0 Å². The van der Waals surface area contributed by atoms with E-state index < -0.39 is 17.7 Å². The van der Waals surface area contributed by atoms with E-state index >= 15 is 0 Å². The maximum atomic E-state index is 13.2. The van der Waals surface area contributed by atoms with Crippen molar-refractivity contribution >= 4 is 33.4 Å². The number of carbonyl (C=O) groups is 2. The van der Waals surface area contributed by atoms with Gasteiger partial charge in [0.25, 0.3) is 11.7 Å². The molecule has 1 amide bonds. The van der Waals surface area contributed by atoms with Gasteiger partial charge in [-0.2, -0.15) is 0 Å². The summed E-state index contributed by atoms with van der Waals surface area (Å²) in [6.07, 6.45) is 1.94. The Morgan fingerprint density at radius 2 is 1.82 bits per heavy atom. The van der Waals surface area contributed by atoms with E-state index in [1.165, 1.54) is 0 Å². The predicted molar refractivity (Wildman–Crippen MR) is 138 cm³/mol. The molecule has 7 heteroatoms. The number of halogens is 1. The van der Waals surface area contributed by atoms with Gasteiger partial charge < -0.3 is 19.6 Å². The first-order chi connectivity index (χ1) is 16.4. The van der Waals surface area contributed by atoms with Crippen LogP contribution in [0.25, 0.3) is 5.76 Å². The average Bonchev–Trinajstić information content (AvgIpc) is 3.09. The second-order valence-electron chi connectivity index (χ2n) is 8.30. The van der Waals surface area contributed by atoms with Crippen LogP contribution < -0.4 is 4.74 Å². The zero-order valence-electron chi connectivity index (χ0n) is 20.1. The number of carbonyl (C=O) groups excluding carboxylic acids is 2. The first kappa shape index (κ1) is 26.0. The standard InChI is InChI=1S/C27H33BrN2O4/c1-4-7-16-34-22-13-9-11-20(18-22)25(31)23-24(19-10-8-12-21(28)17-19)30(27(33)26(23)32)15-14-29(5-2)6-3/h8-13,17-18,24,31H,4-7,14-16H2,1-3H3. The molecular formula is C27H33BrN2O4. The minimum absolute atomic E-state index is 0.105. The zero-order chi connectivity index (χ0) is 24.7. The third-order valence-electron chi connectivity index (χ3n) is 6.13. The maximum Gasteiger partial charge on any atom is 0.295 e. The molecule has 1 unspecified atom stereocenters. The van der Waals surface area contributed by atoms with Crippen molar-refractivity contribution in [3.63, 3.8) is 0 Å². The summed E-state index contributed by atoms with van der Waals surface area (Å²) in [5.74, 6) is -0.824. The highest BCUT2D eigenvalue weighted by molar-refractivity contribution is 9.10. The number of ketones is 1. The molecule has 182 valence electrons. The van der Waals surface area contributed by atoms with Crippen LogP contribution in [0.1, 0.15) is 50.8 Å². The van der Waals surface area contributed by atoms with Crippen molar-refractivity contribution < 1.29 is 19.4 Å². The van der Waals surface area contributed by atoms with E-state index in [0.29, 0.717) is 31.0 Å². The van der Waals surface area contributed by atoms with Crippen molar-refractivity contribution in [3.05, 3.63) is 69.7 Å². The molecule has 0 spiro atoms. The first-order valence-corrected chi connectivity index (χ1v) is 12.7. The fourth-order valence-electron chi connectivity index (χ4n) is 4.15. The van der Waals surface area contributed by atoms with Crippen LogP contribution in [0.15, 0.2) is 58.6 Å². The molecule has 2 aromatic rings. The second-order valence-corrected chi connectivity index (χ2v) is 9.22. The number of hydrogen-bond acceptors (Lipinski definition) is 5. The van der Waals surface area contributed by atoms with Crippen molar-refractivity contribution in [1.82, 2.24) is 9.80 Å². The Labute approximate surface area is 210 Å². The SMILES string of the molecule is CCCCOc1cccc(C(O)=C2C(=O)C(=O)N(CCN(CC)CC)C2c2cccc(Br)c2)c1. The molecule has 1 aliphatic rings. The molecule has 0 bridgehead atoms. The van der Waals surface area contributed by atoms with Gasteiger partial charge in [0.05, 0.1) is 18.2 Å². The number of hydrogen-bond donors (Lipinski definition) is 1. The Hall–Kier alpha value is -2.64. The number of unbranched alkanes of at least 4 members (excludes halogenated alkanes) is 1. The monoisotopic (exact) mass is 528 g/mol. The van der Waals surface area contributed by atoms with Crippen LogP contribution in [0.2, 0.25) is 0 Å². The molecular weight excluding hydrogens is 496 g/mol. The maximum absolute atomic E-state index is 13.2. The lowest BCUT2D eigenvalue weighted by atomic mass is 9.95. The van der Waals surface area contributed by atoms with Gasteiger partial charge in [-0.15, -0.1) is 0 Å². The summed E-state index contributed by atoms with van der Waals surface area (Å²) in [5, 5.41) is 11.3. The van der Waals surface area contributed by atoms with Gasteiger partial charge in [-0.25, -0.2) is 0 Å². The molecule has 1 fully saturated rings. The number of amides is 1. The Kier molecular flexibility index (Phi) is 9.30. The van der Waals surface area contributed by atoms with Crippen LogP contribution in [0, 0.1) is 0 Å². The van der Waals surface area contributed by atoms with Gasteiger partial charge in [-0.05, 0) is 49.3 Å². The number of likely N-dealkylation sites (N-methyl/N-ethyl adjacent to an activating group) is 1. The number of aliphatic hydroxyl groups excluding tert-OH is 1. The number of likely N-dealkylation sites (tertiary alicyclic amines) is 1. The summed E-state index contributed by atoms with van der Waals surface area (Å²) in [4.78, 5) is 30.1.